The Labute approximate surface area is 164 Å². The predicted octanol–water partition coefficient (Wildman–Crippen LogP) is 3.43. The van der Waals surface area contributed by atoms with Crippen LogP contribution in [0.3, 0.4) is 0 Å². The molecule has 6 nitrogen and oxygen atoms in total. The van der Waals surface area contributed by atoms with Crippen molar-refractivity contribution in [1.82, 2.24) is 4.57 Å². The monoisotopic (exact) mass is 398 g/mol. The minimum Gasteiger partial charge on any atom is -0.492 e. The van der Waals surface area contributed by atoms with E-state index in [0.717, 1.165) is 11.1 Å². The topological polar surface area (TPSA) is 81.4 Å². The molecule has 0 spiro atoms. The fraction of sp³-hybridized carbons (Fsp3) is 0.190. The third-order valence-electron chi connectivity index (χ3n) is 4.05. The molecule has 0 atom stereocenters. The number of nitrogens with zero attached hydrogens (tertiary/aromatic N) is 1. The highest BCUT2D eigenvalue weighted by molar-refractivity contribution is 7.87. The smallest absolute Gasteiger partial charge is 0.339 e. The van der Waals surface area contributed by atoms with Gasteiger partial charge in [0, 0.05) is 18.5 Å². The van der Waals surface area contributed by atoms with Crippen molar-refractivity contribution in [2.75, 3.05) is 6.61 Å². The van der Waals surface area contributed by atoms with Crippen molar-refractivity contribution in [1.29, 1.82) is 5.41 Å². The van der Waals surface area contributed by atoms with Gasteiger partial charge in [0.05, 0.1) is 11.9 Å². The minimum absolute atomic E-state index is 0.108. The molecule has 0 aliphatic rings. The molecule has 0 aliphatic heterocycles. The fourth-order valence-corrected chi connectivity index (χ4v) is 3.52. The van der Waals surface area contributed by atoms with Gasteiger partial charge >= 0.3 is 10.1 Å². The predicted molar refractivity (Wildman–Crippen MR) is 106 cm³/mol. The van der Waals surface area contributed by atoms with E-state index < -0.39 is 10.1 Å². The van der Waals surface area contributed by atoms with E-state index in [1.807, 2.05) is 36.9 Å². The second kappa shape index (κ2) is 8.31. The number of aryl methyl sites for hydroxylation is 2. The number of hydrogen-bond acceptors (Lipinski definition) is 5. The van der Waals surface area contributed by atoms with Gasteiger partial charge in [-0.2, -0.15) is 8.42 Å². The Hall–Kier alpha value is -3.06. The summed E-state index contributed by atoms with van der Waals surface area (Å²) in [6, 6.07) is 15.0. The molecule has 7 heteroatoms. The van der Waals surface area contributed by atoms with E-state index >= 15 is 0 Å². The summed E-state index contributed by atoms with van der Waals surface area (Å²) < 4.78 is 37.9. The lowest BCUT2D eigenvalue weighted by Gasteiger charge is -2.12. The van der Waals surface area contributed by atoms with Gasteiger partial charge in [0.2, 0.25) is 0 Å². The molecule has 1 heterocycles. The van der Waals surface area contributed by atoms with Crippen molar-refractivity contribution in [2.45, 2.75) is 25.3 Å². The summed E-state index contributed by atoms with van der Waals surface area (Å²) >= 11 is 0. The number of nitrogens with one attached hydrogen (secondary N) is 1. The number of hydrogen-bond donors (Lipinski definition) is 1. The fourth-order valence-electron chi connectivity index (χ4n) is 2.60. The van der Waals surface area contributed by atoms with Crippen LogP contribution >= 0.6 is 0 Å². The van der Waals surface area contributed by atoms with Crippen LogP contribution in [0, 0.1) is 19.3 Å². The maximum absolute atomic E-state index is 12.5. The quantitative estimate of drug-likeness (QED) is 0.618. The number of benzene rings is 2. The molecular formula is C21H22N2O4S. The summed E-state index contributed by atoms with van der Waals surface area (Å²) in [7, 11) is -3.91. The Bertz CT molecular complexity index is 1100. The van der Waals surface area contributed by atoms with Crippen molar-refractivity contribution in [2.24, 2.45) is 0 Å². The zero-order valence-electron chi connectivity index (χ0n) is 15.8. The molecule has 146 valence electrons. The third kappa shape index (κ3) is 5.23. The lowest BCUT2D eigenvalue weighted by atomic mass is 10.2. The summed E-state index contributed by atoms with van der Waals surface area (Å²) in [6.07, 6.45) is 3.62. The molecule has 0 bridgehead atoms. The van der Waals surface area contributed by atoms with Crippen LogP contribution in [0.25, 0.3) is 0 Å². The van der Waals surface area contributed by atoms with E-state index in [9.17, 15) is 8.42 Å². The Morgan fingerprint density at radius 1 is 0.893 bits per heavy atom. The Balaban J connectivity index is 1.69. The van der Waals surface area contributed by atoms with Crippen LogP contribution in [0.15, 0.2) is 71.9 Å². The van der Waals surface area contributed by atoms with Crippen LogP contribution < -0.4 is 14.3 Å². The van der Waals surface area contributed by atoms with Crippen LogP contribution in [0.5, 0.6) is 11.5 Å². The Morgan fingerprint density at radius 2 is 1.54 bits per heavy atom. The number of ether oxygens (including phenoxy) is 1. The second-order valence-corrected chi connectivity index (χ2v) is 8.05. The third-order valence-corrected chi connectivity index (χ3v) is 5.31. The largest absolute Gasteiger partial charge is 0.492 e. The number of rotatable bonds is 7. The van der Waals surface area contributed by atoms with Crippen LogP contribution in [0.2, 0.25) is 0 Å². The SMILES string of the molecule is Cc1ccc(S(=O)(=O)Oc2cc(C)cc(OCCn3ccc(=N)cc3)c2)cc1. The molecule has 1 N–H and O–H groups in total. The van der Waals surface area contributed by atoms with Gasteiger partial charge < -0.3 is 18.9 Å². The molecule has 0 fully saturated rings. The van der Waals surface area contributed by atoms with Crippen molar-refractivity contribution in [3.63, 3.8) is 0 Å². The molecule has 28 heavy (non-hydrogen) atoms. The summed E-state index contributed by atoms with van der Waals surface area (Å²) in [6.45, 7) is 4.74. The van der Waals surface area contributed by atoms with Crippen LogP contribution in [-0.4, -0.2) is 19.6 Å². The van der Waals surface area contributed by atoms with Crippen LogP contribution in [0.4, 0.5) is 0 Å². The van der Waals surface area contributed by atoms with Gasteiger partial charge in [-0.15, -0.1) is 0 Å². The van der Waals surface area contributed by atoms with Crippen molar-refractivity contribution in [3.05, 3.63) is 83.5 Å². The standard InChI is InChI=1S/C21H22N2O4S/c1-16-3-5-21(6-4-16)28(24,25)27-20-14-17(2)13-19(15-20)26-12-11-23-9-7-18(22)8-10-23/h3-10,13-15,22H,11-12H2,1-2H3. The molecule has 1 aromatic heterocycles. The average Bonchev–Trinajstić information content (AvgIpc) is 2.63. The summed E-state index contributed by atoms with van der Waals surface area (Å²) in [5.41, 5.74) is 1.80. The zero-order valence-corrected chi connectivity index (χ0v) is 16.6. The number of aromatic nitrogens is 1. The van der Waals surface area contributed by atoms with E-state index in [0.29, 0.717) is 24.3 Å². The highest BCUT2D eigenvalue weighted by Crippen LogP contribution is 2.26. The van der Waals surface area contributed by atoms with Crippen molar-refractivity contribution >= 4 is 10.1 Å². The first kappa shape index (κ1) is 19.7. The molecule has 3 aromatic rings. The molecule has 0 saturated carbocycles. The van der Waals surface area contributed by atoms with Gasteiger partial charge in [-0.05, 0) is 55.8 Å². The van der Waals surface area contributed by atoms with Gasteiger partial charge in [-0.1, -0.05) is 17.7 Å². The molecule has 0 radical (unpaired) electrons. The molecule has 2 aromatic carbocycles. The normalized spacial score (nSPS) is 11.2. The van der Waals surface area contributed by atoms with Crippen molar-refractivity contribution < 1.29 is 17.3 Å². The highest BCUT2D eigenvalue weighted by Gasteiger charge is 2.17. The first-order valence-corrected chi connectivity index (χ1v) is 10.2. The van der Waals surface area contributed by atoms with Gasteiger partial charge in [-0.25, -0.2) is 0 Å². The maximum Gasteiger partial charge on any atom is 0.339 e. The molecule has 0 saturated heterocycles. The first-order chi connectivity index (χ1) is 13.3. The van der Waals surface area contributed by atoms with Crippen LogP contribution in [-0.2, 0) is 16.7 Å². The van der Waals surface area contributed by atoms with Gasteiger partial charge in [0.25, 0.3) is 0 Å². The Kier molecular flexibility index (Phi) is 5.84. The Morgan fingerprint density at radius 3 is 2.21 bits per heavy atom. The lowest BCUT2D eigenvalue weighted by Crippen LogP contribution is -2.11. The minimum atomic E-state index is -3.91. The second-order valence-electron chi connectivity index (χ2n) is 6.51. The van der Waals surface area contributed by atoms with Gasteiger partial charge in [-0.3, -0.25) is 0 Å². The summed E-state index contributed by atoms with van der Waals surface area (Å²) in [4.78, 5) is 0.108. The summed E-state index contributed by atoms with van der Waals surface area (Å²) in [5, 5.41) is 7.94. The van der Waals surface area contributed by atoms with E-state index in [2.05, 4.69) is 0 Å². The summed E-state index contributed by atoms with van der Waals surface area (Å²) in [5.74, 6) is 0.744. The lowest BCUT2D eigenvalue weighted by molar-refractivity contribution is 0.297. The van der Waals surface area contributed by atoms with Gasteiger partial charge in [0.15, 0.2) is 0 Å². The molecule has 0 unspecified atom stereocenters. The van der Waals surface area contributed by atoms with E-state index in [4.69, 9.17) is 14.3 Å². The molecule has 3 rings (SSSR count). The molecular weight excluding hydrogens is 376 g/mol. The number of pyridine rings is 1. The first-order valence-electron chi connectivity index (χ1n) is 8.78. The van der Waals surface area contributed by atoms with E-state index in [1.54, 1.807) is 36.4 Å². The van der Waals surface area contributed by atoms with E-state index in [1.165, 1.54) is 12.1 Å². The maximum atomic E-state index is 12.5. The van der Waals surface area contributed by atoms with E-state index in [-0.39, 0.29) is 10.6 Å². The van der Waals surface area contributed by atoms with Crippen LogP contribution in [0.1, 0.15) is 11.1 Å². The molecule has 0 amide bonds. The average molecular weight is 398 g/mol. The van der Waals surface area contributed by atoms with Gasteiger partial charge in [0.1, 0.15) is 23.0 Å². The highest BCUT2D eigenvalue weighted by atomic mass is 32.2. The molecule has 0 aliphatic carbocycles. The van der Waals surface area contributed by atoms with Crippen molar-refractivity contribution in [3.8, 4) is 11.5 Å². The zero-order chi connectivity index (χ0) is 20.1.